The Morgan fingerprint density at radius 1 is 1.37 bits per heavy atom. The largest absolute Gasteiger partial charge is 0.496 e. The summed E-state index contributed by atoms with van der Waals surface area (Å²) in [5, 5.41) is 4.04. The molecule has 6 heteroatoms. The van der Waals surface area contributed by atoms with E-state index in [4.69, 9.17) is 16.3 Å². The number of halogens is 1. The molecule has 1 aliphatic heterocycles. The molecule has 1 aromatic rings. The maximum atomic E-state index is 11.4. The highest BCUT2D eigenvalue weighted by Gasteiger charge is 2.23. The van der Waals surface area contributed by atoms with Gasteiger partial charge in [0.05, 0.1) is 18.6 Å². The first-order valence-electron chi connectivity index (χ1n) is 6.26. The summed E-state index contributed by atoms with van der Waals surface area (Å²) in [6.07, 6.45) is 1.34. The van der Waals surface area contributed by atoms with E-state index in [-0.39, 0.29) is 17.5 Å². The fourth-order valence-electron chi connectivity index (χ4n) is 2.23. The van der Waals surface area contributed by atoms with Gasteiger partial charge in [0.25, 0.3) is 0 Å². The van der Waals surface area contributed by atoms with Crippen LogP contribution in [0.3, 0.4) is 0 Å². The van der Waals surface area contributed by atoms with Crippen LogP contribution < -0.4 is 10.1 Å². The van der Waals surface area contributed by atoms with Crippen LogP contribution in [0.4, 0.5) is 0 Å². The molecule has 0 saturated carbocycles. The van der Waals surface area contributed by atoms with Crippen molar-refractivity contribution >= 4 is 21.4 Å². The standard InChI is InChI=1S/C13H18ClNO3S/c1-18-13-3-2-11(14)8-10(13)9-15-12-4-6-19(16,17)7-5-12/h2-3,8,12,15H,4-7,9H2,1H3. The van der Waals surface area contributed by atoms with Crippen LogP contribution in [-0.2, 0) is 16.4 Å². The van der Waals surface area contributed by atoms with Crippen LogP contribution in [0.25, 0.3) is 0 Å². The van der Waals surface area contributed by atoms with Gasteiger partial charge in [-0.15, -0.1) is 0 Å². The van der Waals surface area contributed by atoms with Gasteiger partial charge in [-0.2, -0.15) is 0 Å². The van der Waals surface area contributed by atoms with Gasteiger partial charge in [-0.05, 0) is 31.0 Å². The number of rotatable bonds is 4. The second-order valence-corrected chi connectivity index (χ2v) is 7.50. The average molecular weight is 304 g/mol. The highest BCUT2D eigenvalue weighted by Crippen LogP contribution is 2.23. The molecule has 0 amide bonds. The van der Waals surface area contributed by atoms with E-state index in [1.807, 2.05) is 12.1 Å². The van der Waals surface area contributed by atoms with Crippen molar-refractivity contribution in [3.63, 3.8) is 0 Å². The molecular formula is C13H18ClNO3S. The van der Waals surface area contributed by atoms with Crippen molar-refractivity contribution in [3.8, 4) is 5.75 Å². The van der Waals surface area contributed by atoms with Gasteiger partial charge in [0.1, 0.15) is 15.6 Å². The molecule has 19 heavy (non-hydrogen) atoms. The van der Waals surface area contributed by atoms with Crippen LogP contribution in [0.2, 0.25) is 5.02 Å². The first-order valence-corrected chi connectivity index (χ1v) is 8.46. The molecule has 0 aromatic heterocycles. The van der Waals surface area contributed by atoms with Crippen LogP contribution in [-0.4, -0.2) is 33.1 Å². The zero-order valence-corrected chi connectivity index (χ0v) is 12.4. The minimum atomic E-state index is -2.80. The van der Waals surface area contributed by atoms with Gasteiger partial charge >= 0.3 is 0 Å². The fraction of sp³-hybridized carbons (Fsp3) is 0.538. The summed E-state index contributed by atoms with van der Waals surface area (Å²) in [7, 11) is -1.18. The molecule has 0 aliphatic carbocycles. The van der Waals surface area contributed by atoms with E-state index < -0.39 is 9.84 Å². The lowest BCUT2D eigenvalue weighted by molar-refractivity contribution is 0.402. The molecule has 1 fully saturated rings. The lowest BCUT2D eigenvalue weighted by Crippen LogP contribution is -2.37. The summed E-state index contributed by atoms with van der Waals surface area (Å²) < 4.78 is 28.0. The molecule has 1 aliphatic rings. The van der Waals surface area contributed by atoms with Crippen molar-refractivity contribution in [1.29, 1.82) is 0 Å². The predicted molar refractivity (Wildman–Crippen MR) is 76.5 cm³/mol. The van der Waals surface area contributed by atoms with Crippen LogP contribution in [0, 0.1) is 0 Å². The van der Waals surface area contributed by atoms with Crippen LogP contribution in [0.1, 0.15) is 18.4 Å². The number of sulfone groups is 1. The average Bonchev–Trinajstić information content (AvgIpc) is 2.38. The Hall–Kier alpha value is -0.780. The second kappa shape index (κ2) is 6.11. The molecule has 1 heterocycles. The van der Waals surface area contributed by atoms with Gasteiger partial charge in [0.2, 0.25) is 0 Å². The van der Waals surface area contributed by atoms with Crippen molar-refractivity contribution in [1.82, 2.24) is 5.32 Å². The number of ether oxygens (including phenoxy) is 1. The van der Waals surface area contributed by atoms with Crippen molar-refractivity contribution in [2.75, 3.05) is 18.6 Å². The Balaban J connectivity index is 1.94. The summed E-state index contributed by atoms with van der Waals surface area (Å²) in [4.78, 5) is 0. The minimum Gasteiger partial charge on any atom is -0.496 e. The van der Waals surface area contributed by atoms with E-state index in [2.05, 4.69) is 5.32 Å². The summed E-state index contributed by atoms with van der Waals surface area (Å²) in [6.45, 7) is 0.633. The number of methoxy groups -OCH3 is 1. The molecule has 0 atom stereocenters. The third kappa shape index (κ3) is 4.09. The van der Waals surface area contributed by atoms with Gasteiger partial charge in [-0.25, -0.2) is 8.42 Å². The van der Waals surface area contributed by atoms with E-state index in [1.165, 1.54) is 0 Å². The lowest BCUT2D eigenvalue weighted by atomic mass is 10.1. The molecule has 1 aromatic carbocycles. The predicted octanol–water partition coefficient (Wildman–Crippen LogP) is 2.02. The zero-order chi connectivity index (χ0) is 13.9. The third-order valence-electron chi connectivity index (χ3n) is 3.38. The number of benzene rings is 1. The van der Waals surface area contributed by atoms with E-state index in [9.17, 15) is 8.42 Å². The van der Waals surface area contributed by atoms with Gasteiger partial charge in [0.15, 0.2) is 0 Å². The molecular weight excluding hydrogens is 286 g/mol. The Morgan fingerprint density at radius 3 is 2.68 bits per heavy atom. The normalized spacial score (nSPS) is 19.3. The third-order valence-corrected chi connectivity index (χ3v) is 5.33. The maximum Gasteiger partial charge on any atom is 0.150 e. The summed E-state index contributed by atoms with van der Waals surface area (Å²) in [6, 6.07) is 5.74. The quantitative estimate of drug-likeness (QED) is 0.924. The maximum absolute atomic E-state index is 11.4. The SMILES string of the molecule is COc1ccc(Cl)cc1CNC1CCS(=O)(=O)CC1. The lowest BCUT2D eigenvalue weighted by Gasteiger charge is -2.23. The highest BCUT2D eigenvalue weighted by molar-refractivity contribution is 7.91. The van der Waals surface area contributed by atoms with E-state index in [0.717, 1.165) is 11.3 Å². The van der Waals surface area contributed by atoms with Gasteiger partial charge in [-0.3, -0.25) is 0 Å². The van der Waals surface area contributed by atoms with Crippen molar-refractivity contribution in [2.24, 2.45) is 0 Å². The zero-order valence-electron chi connectivity index (χ0n) is 10.9. The van der Waals surface area contributed by atoms with E-state index >= 15 is 0 Å². The smallest absolute Gasteiger partial charge is 0.150 e. The first kappa shape index (κ1) is 14.6. The van der Waals surface area contributed by atoms with Crippen LogP contribution in [0.15, 0.2) is 18.2 Å². The molecule has 0 unspecified atom stereocenters. The van der Waals surface area contributed by atoms with Gasteiger partial charge < -0.3 is 10.1 Å². The molecule has 1 N–H and O–H groups in total. The highest BCUT2D eigenvalue weighted by atomic mass is 35.5. The minimum absolute atomic E-state index is 0.243. The van der Waals surface area contributed by atoms with Crippen molar-refractivity contribution in [3.05, 3.63) is 28.8 Å². The molecule has 0 bridgehead atoms. The topological polar surface area (TPSA) is 55.4 Å². The second-order valence-electron chi connectivity index (χ2n) is 4.76. The molecule has 0 radical (unpaired) electrons. The number of hydrogen-bond donors (Lipinski definition) is 1. The van der Waals surface area contributed by atoms with Crippen LogP contribution >= 0.6 is 11.6 Å². The molecule has 0 spiro atoms. The van der Waals surface area contributed by atoms with E-state index in [0.29, 0.717) is 24.4 Å². The van der Waals surface area contributed by atoms with Gasteiger partial charge in [0, 0.05) is 23.2 Å². The Labute approximate surface area is 119 Å². The fourth-order valence-corrected chi connectivity index (χ4v) is 3.92. The molecule has 1 saturated heterocycles. The van der Waals surface area contributed by atoms with Crippen molar-refractivity contribution in [2.45, 2.75) is 25.4 Å². The van der Waals surface area contributed by atoms with Gasteiger partial charge in [-0.1, -0.05) is 11.6 Å². The molecule has 4 nitrogen and oxygen atoms in total. The van der Waals surface area contributed by atoms with E-state index in [1.54, 1.807) is 13.2 Å². The summed E-state index contributed by atoms with van der Waals surface area (Å²) in [5.74, 6) is 1.34. The Kier molecular flexibility index (Phi) is 4.71. The molecule has 2 rings (SSSR count). The monoisotopic (exact) mass is 303 g/mol. The number of hydrogen-bond acceptors (Lipinski definition) is 4. The first-order chi connectivity index (χ1) is 9.00. The Morgan fingerprint density at radius 2 is 2.05 bits per heavy atom. The summed E-state index contributed by atoms with van der Waals surface area (Å²) in [5.41, 5.74) is 0.989. The summed E-state index contributed by atoms with van der Waals surface area (Å²) >= 11 is 5.97. The number of nitrogens with one attached hydrogen (secondary N) is 1. The molecule has 106 valence electrons. The Bertz CT molecular complexity index is 531. The van der Waals surface area contributed by atoms with Crippen molar-refractivity contribution < 1.29 is 13.2 Å². The van der Waals surface area contributed by atoms with Crippen LogP contribution in [0.5, 0.6) is 5.75 Å².